The molecule has 2 aromatic carbocycles. The second-order valence-corrected chi connectivity index (χ2v) is 10.1. The molecule has 0 aliphatic carbocycles. The maximum Gasteiger partial charge on any atom is 0.301 e. The van der Waals surface area contributed by atoms with Gasteiger partial charge in [0, 0.05) is 42.0 Å². The van der Waals surface area contributed by atoms with Gasteiger partial charge in [0.05, 0.1) is 11.3 Å². The number of halogens is 1. The fraction of sp³-hybridized carbons (Fsp3) is 0.333. The number of hydrogen-bond donors (Lipinski definition) is 2. The van der Waals surface area contributed by atoms with Crippen LogP contribution in [0.1, 0.15) is 68.6 Å². The highest BCUT2D eigenvalue weighted by molar-refractivity contribution is 7.90. The second kappa shape index (κ2) is 13.5. The first-order chi connectivity index (χ1) is 18.3. The van der Waals surface area contributed by atoms with Gasteiger partial charge in [-0.25, -0.2) is 9.37 Å². The molecule has 2 N–H and O–H groups in total. The minimum atomic E-state index is -3.87. The molecule has 1 aliphatic heterocycles. The lowest BCUT2D eigenvalue weighted by Crippen LogP contribution is -2.45. The number of fused-ring (bicyclic) bond motifs is 1. The molecule has 9 heteroatoms. The largest absolute Gasteiger partial charge is 0.345 e. The van der Waals surface area contributed by atoms with Crippen LogP contribution in [0.15, 0.2) is 54.9 Å². The van der Waals surface area contributed by atoms with Crippen molar-refractivity contribution in [3.05, 3.63) is 82.9 Å². The number of rotatable bonds is 6. The smallest absolute Gasteiger partial charge is 0.301 e. The van der Waals surface area contributed by atoms with Crippen LogP contribution in [0.2, 0.25) is 0 Å². The van der Waals surface area contributed by atoms with Gasteiger partial charge in [-0.05, 0) is 43.0 Å². The van der Waals surface area contributed by atoms with Crippen LogP contribution in [0.3, 0.4) is 0 Å². The number of benzene rings is 2. The molecule has 210 valence electrons. The molecular formula is C30H39FN4O3S. The van der Waals surface area contributed by atoms with Crippen molar-refractivity contribution in [3.8, 4) is 11.1 Å². The summed E-state index contributed by atoms with van der Waals surface area (Å²) in [5.41, 5.74) is 3.46. The van der Waals surface area contributed by atoms with Crippen molar-refractivity contribution < 1.29 is 17.6 Å². The van der Waals surface area contributed by atoms with Crippen molar-refractivity contribution in [2.24, 2.45) is 0 Å². The third kappa shape index (κ3) is 6.20. The summed E-state index contributed by atoms with van der Waals surface area (Å²) in [7, 11) is -3.87. The number of anilines is 1. The van der Waals surface area contributed by atoms with Crippen molar-refractivity contribution in [2.45, 2.75) is 55.4 Å². The predicted molar refractivity (Wildman–Crippen MR) is 159 cm³/mol. The Kier molecular flexibility index (Phi) is 10.9. The van der Waals surface area contributed by atoms with E-state index in [0.29, 0.717) is 29.7 Å². The van der Waals surface area contributed by atoms with Crippen LogP contribution in [-0.4, -0.2) is 41.6 Å². The van der Waals surface area contributed by atoms with Gasteiger partial charge in [-0.1, -0.05) is 71.5 Å². The van der Waals surface area contributed by atoms with Gasteiger partial charge in [0.25, 0.3) is 0 Å². The van der Waals surface area contributed by atoms with E-state index in [1.54, 1.807) is 19.2 Å². The zero-order chi connectivity index (χ0) is 28.0. The molecule has 0 saturated carbocycles. The van der Waals surface area contributed by atoms with Crippen LogP contribution in [-0.2, 0) is 10.2 Å². The monoisotopic (exact) mass is 554 g/mol. The van der Waals surface area contributed by atoms with Gasteiger partial charge in [-0.15, -0.1) is 0 Å². The van der Waals surface area contributed by atoms with E-state index in [1.165, 1.54) is 16.6 Å². The number of nitrogens with zero attached hydrogens (tertiary/aromatic N) is 2. The molecule has 0 atom stereocenters. The van der Waals surface area contributed by atoms with Crippen molar-refractivity contribution in [1.82, 2.24) is 14.3 Å². The number of carbonyl (C=O) groups excluding carboxylic acids is 1. The Balaban J connectivity index is 0.00000102. The average molecular weight is 555 g/mol. The van der Waals surface area contributed by atoms with Crippen molar-refractivity contribution in [3.63, 3.8) is 0 Å². The van der Waals surface area contributed by atoms with Crippen molar-refractivity contribution in [2.75, 3.05) is 17.8 Å². The number of ketones is 1. The Hall–Kier alpha value is -3.56. The summed E-state index contributed by atoms with van der Waals surface area (Å²) < 4.78 is 44.0. The van der Waals surface area contributed by atoms with Crippen LogP contribution < -0.4 is 4.72 Å². The maximum absolute atomic E-state index is 15.5. The third-order valence-corrected chi connectivity index (χ3v) is 7.78. The Morgan fingerprint density at radius 2 is 1.67 bits per heavy atom. The predicted octanol–water partition coefficient (Wildman–Crippen LogP) is 7.27. The Bertz CT molecular complexity index is 1530. The molecule has 1 saturated heterocycles. The lowest BCUT2D eigenvalue weighted by molar-refractivity contribution is 0.103. The van der Waals surface area contributed by atoms with E-state index in [2.05, 4.69) is 14.7 Å². The third-order valence-electron chi connectivity index (χ3n) is 6.26. The highest BCUT2D eigenvalue weighted by atomic mass is 32.2. The first-order valence-corrected chi connectivity index (χ1v) is 14.4. The van der Waals surface area contributed by atoms with E-state index in [0.717, 1.165) is 23.1 Å². The summed E-state index contributed by atoms with van der Waals surface area (Å²) in [6, 6.07) is 12.6. The number of aromatic nitrogens is 2. The number of hydrogen-bond acceptors (Lipinski definition) is 4. The Morgan fingerprint density at radius 1 is 1.03 bits per heavy atom. The molecule has 1 fully saturated rings. The van der Waals surface area contributed by atoms with Gasteiger partial charge < -0.3 is 4.98 Å². The zero-order valence-corrected chi connectivity index (χ0v) is 23.5. The first kappa shape index (κ1) is 31.7. The van der Waals surface area contributed by atoms with Crippen molar-refractivity contribution in [1.29, 1.82) is 0 Å². The molecule has 4 aromatic rings. The highest BCUT2D eigenvalue weighted by Gasteiger charge is 2.30. The second-order valence-electron chi connectivity index (χ2n) is 8.40. The summed E-state index contributed by atoms with van der Waals surface area (Å²) in [4.78, 5) is 21.1. The summed E-state index contributed by atoms with van der Waals surface area (Å²) in [6.45, 7) is 12.3. The molecule has 0 amide bonds. The molecule has 0 unspecified atom stereocenters. The van der Waals surface area contributed by atoms with Gasteiger partial charge in [0.1, 0.15) is 5.65 Å². The van der Waals surface area contributed by atoms with E-state index in [4.69, 9.17) is 0 Å². The van der Waals surface area contributed by atoms with E-state index in [9.17, 15) is 13.2 Å². The SMILES string of the molecule is C.CC.CC.Cc1ccc(NS(=O)(=O)N2CCC2)c(F)c1C(=O)c1c[nH]c2ncc(-c3ccccc3)c(C)c12. The van der Waals surface area contributed by atoms with E-state index >= 15 is 4.39 Å². The van der Waals surface area contributed by atoms with Gasteiger partial charge in [-0.3, -0.25) is 9.52 Å². The van der Waals surface area contributed by atoms with Gasteiger partial charge >= 0.3 is 10.2 Å². The molecule has 3 heterocycles. The Morgan fingerprint density at radius 3 is 2.26 bits per heavy atom. The molecule has 39 heavy (non-hydrogen) atoms. The minimum Gasteiger partial charge on any atom is -0.345 e. The summed E-state index contributed by atoms with van der Waals surface area (Å²) >= 11 is 0. The van der Waals surface area contributed by atoms with Crippen LogP contribution in [0.4, 0.5) is 10.1 Å². The topological polar surface area (TPSA) is 95.2 Å². The van der Waals surface area contributed by atoms with Crippen LogP contribution in [0.5, 0.6) is 0 Å². The zero-order valence-electron chi connectivity index (χ0n) is 22.7. The summed E-state index contributed by atoms with van der Waals surface area (Å²) in [5.74, 6) is -1.44. The molecule has 2 aromatic heterocycles. The van der Waals surface area contributed by atoms with E-state index in [1.807, 2.05) is 65.0 Å². The van der Waals surface area contributed by atoms with Crippen LogP contribution >= 0.6 is 0 Å². The molecule has 0 spiro atoms. The number of nitrogens with one attached hydrogen (secondary N) is 2. The number of aromatic amines is 1. The molecule has 0 bridgehead atoms. The molecule has 1 aliphatic rings. The fourth-order valence-electron chi connectivity index (χ4n) is 4.24. The maximum atomic E-state index is 15.5. The fourth-order valence-corrected chi connectivity index (χ4v) is 5.54. The number of carbonyl (C=O) groups is 1. The summed E-state index contributed by atoms with van der Waals surface area (Å²) in [5, 5.41) is 0.608. The normalized spacial score (nSPS) is 12.7. The minimum absolute atomic E-state index is 0. The highest BCUT2D eigenvalue weighted by Crippen LogP contribution is 2.33. The lowest BCUT2D eigenvalue weighted by Gasteiger charge is -2.30. The van der Waals surface area contributed by atoms with Gasteiger partial charge in [-0.2, -0.15) is 12.7 Å². The molecular weight excluding hydrogens is 515 g/mol. The van der Waals surface area contributed by atoms with Crippen molar-refractivity contribution >= 4 is 32.7 Å². The Labute approximate surface area is 231 Å². The quantitative estimate of drug-likeness (QED) is 0.245. The summed E-state index contributed by atoms with van der Waals surface area (Å²) in [6.07, 6.45) is 4.03. The first-order valence-electron chi connectivity index (χ1n) is 12.9. The number of pyridine rings is 1. The standard InChI is InChI=1S/C25H23FN4O3S.2C2H6.CH4/c1-15-9-10-20(29-34(32,33)30-11-6-12-30)23(26)21(15)24(31)19-14-28-25-22(19)16(2)18(13-27-25)17-7-4-3-5-8-17;2*1-2;/h3-5,7-10,13-14,29H,6,11-12H2,1-2H3,(H,27,28);2*1-2H3;1H4. The average Bonchev–Trinajstić information content (AvgIpc) is 3.33. The number of aryl methyl sites for hydroxylation is 2. The van der Waals surface area contributed by atoms with Gasteiger partial charge in [0.15, 0.2) is 11.6 Å². The van der Waals surface area contributed by atoms with Gasteiger partial charge in [0.2, 0.25) is 0 Å². The van der Waals surface area contributed by atoms with Crippen LogP contribution in [0.25, 0.3) is 22.2 Å². The van der Waals surface area contributed by atoms with E-state index < -0.39 is 21.8 Å². The van der Waals surface area contributed by atoms with E-state index in [-0.39, 0.29) is 24.2 Å². The lowest BCUT2D eigenvalue weighted by atomic mass is 9.94. The molecule has 5 rings (SSSR count). The number of H-pyrrole nitrogens is 1. The van der Waals surface area contributed by atoms with Crippen LogP contribution in [0, 0.1) is 19.7 Å². The molecule has 0 radical (unpaired) electrons. The molecule has 7 nitrogen and oxygen atoms in total.